The van der Waals surface area contributed by atoms with E-state index in [-0.39, 0.29) is 5.69 Å². The van der Waals surface area contributed by atoms with Crippen LogP contribution in [0.15, 0.2) is 18.9 Å². The number of hydrogen-bond acceptors (Lipinski definition) is 3. The summed E-state index contributed by atoms with van der Waals surface area (Å²) in [6.45, 7) is 4.15. The van der Waals surface area contributed by atoms with E-state index in [2.05, 4.69) is 16.9 Å². The van der Waals surface area contributed by atoms with Crippen LogP contribution in [-0.4, -0.2) is 26.1 Å². The standard InChI is InChI=1S/C7H9N3O2/c1-2-3-4-10-5-6(7(11)12)8-9-10/h2,5H,1,3-4H2,(H,11,12). The summed E-state index contributed by atoms with van der Waals surface area (Å²) in [5.74, 6) is -1.06. The normalized spacial score (nSPS) is 9.67. The second-order valence-electron chi connectivity index (χ2n) is 2.25. The predicted octanol–water partition coefficient (Wildman–Crippen LogP) is 0.552. The molecule has 1 rings (SSSR count). The lowest BCUT2D eigenvalue weighted by molar-refractivity contribution is 0.0690. The quantitative estimate of drug-likeness (QED) is 0.665. The first kappa shape index (κ1) is 8.45. The molecule has 1 aromatic rings. The third kappa shape index (κ3) is 1.91. The number of hydrogen-bond donors (Lipinski definition) is 1. The highest BCUT2D eigenvalue weighted by atomic mass is 16.4. The zero-order valence-corrected chi connectivity index (χ0v) is 6.47. The first-order valence-electron chi connectivity index (χ1n) is 3.48. The van der Waals surface area contributed by atoms with Crippen molar-refractivity contribution in [3.05, 3.63) is 24.5 Å². The van der Waals surface area contributed by atoms with Crippen molar-refractivity contribution in [2.75, 3.05) is 0 Å². The van der Waals surface area contributed by atoms with Gasteiger partial charge in [0, 0.05) is 6.54 Å². The monoisotopic (exact) mass is 167 g/mol. The maximum absolute atomic E-state index is 10.4. The van der Waals surface area contributed by atoms with Crippen molar-refractivity contribution >= 4 is 5.97 Å². The molecule has 1 heterocycles. The van der Waals surface area contributed by atoms with Crippen LogP contribution in [0.5, 0.6) is 0 Å². The van der Waals surface area contributed by atoms with E-state index in [0.717, 1.165) is 6.42 Å². The molecule has 1 aromatic heterocycles. The molecule has 12 heavy (non-hydrogen) atoms. The molecular formula is C7H9N3O2. The highest BCUT2D eigenvalue weighted by Crippen LogP contribution is 1.94. The molecule has 0 aliphatic rings. The van der Waals surface area contributed by atoms with Crippen molar-refractivity contribution in [3.63, 3.8) is 0 Å². The van der Waals surface area contributed by atoms with Gasteiger partial charge in [0.15, 0.2) is 5.69 Å². The van der Waals surface area contributed by atoms with Crippen molar-refractivity contribution in [1.82, 2.24) is 15.0 Å². The molecule has 0 atom stereocenters. The van der Waals surface area contributed by atoms with Crippen LogP contribution >= 0.6 is 0 Å². The summed E-state index contributed by atoms with van der Waals surface area (Å²) >= 11 is 0. The Morgan fingerprint density at radius 3 is 3.08 bits per heavy atom. The molecule has 0 fully saturated rings. The maximum atomic E-state index is 10.4. The van der Waals surface area contributed by atoms with Crippen LogP contribution in [-0.2, 0) is 6.54 Å². The van der Waals surface area contributed by atoms with Gasteiger partial charge in [-0.15, -0.1) is 11.7 Å². The Bertz CT molecular complexity index is 293. The van der Waals surface area contributed by atoms with Crippen molar-refractivity contribution < 1.29 is 9.90 Å². The second-order valence-corrected chi connectivity index (χ2v) is 2.25. The van der Waals surface area contributed by atoms with E-state index >= 15 is 0 Å². The molecule has 0 aliphatic heterocycles. The van der Waals surface area contributed by atoms with Crippen LogP contribution in [0.4, 0.5) is 0 Å². The van der Waals surface area contributed by atoms with Crippen LogP contribution in [0.25, 0.3) is 0 Å². The number of allylic oxidation sites excluding steroid dienone is 1. The molecule has 64 valence electrons. The average molecular weight is 167 g/mol. The van der Waals surface area contributed by atoms with Crippen molar-refractivity contribution in [3.8, 4) is 0 Å². The number of aryl methyl sites for hydroxylation is 1. The number of carbonyl (C=O) groups is 1. The summed E-state index contributed by atoms with van der Waals surface area (Å²) in [4.78, 5) is 10.4. The summed E-state index contributed by atoms with van der Waals surface area (Å²) in [5, 5.41) is 15.5. The van der Waals surface area contributed by atoms with Gasteiger partial charge < -0.3 is 5.11 Å². The van der Waals surface area contributed by atoms with Crippen molar-refractivity contribution in [1.29, 1.82) is 0 Å². The number of aromatic carboxylic acids is 1. The Morgan fingerprint density at radius 2 is 2.58 bits per heavy atom. The Labute approximate surface area is 69.3 Å². The van der Waals surface area contributed by atoms with E-state index in [1.54, 1.807) is 6.08 Å². The molecule has 0 unspecified atom stereocenters. The first-order valence-corrected chi connectivity index (χ1v) is 3.48. The molecule has 0 spiro atoms. The fourth-order valence-corrected chi connectivity index (χ4v) is 0.729. The second kappa shape index (κ2) is 3.66. The van der Waals surface area contributed by atoms with Crippen LogP contribution in [0.2, 0.25) is 0 Å². The van der Waals surface area contributed by atoms with Gasteiger partial charge in [0.05, 0.1) is 6.20 Å². The Balaban J connectivity index is 2.64. The summed E-state index contributed by atoms with van der Waals surface area (Å²) in [6, 6.07) is 0. The van der Waals surface area contributed by atoms with E-state index in [4.69, 9.17) is 5.11 Å². The highest BCUT2D eigenvalue weighted by molar-refractivity contribution is 5.84. The van der Waals surface area contributed by atoms with Gasteiger partial charge in [-0.1, -0.05) is 11.3 Å². The van der Waals surface area contributed by atoms with Gasteiger partial charge in [-0.3, -0.25) is 4.68 Å². The number of nitrogens with zero attached hydrogens (tertiary/aromatic N) is 3. The van der Waals surface area contributed by atoms with Crippen molar-refractivity contribution in [2.45, 2.75) is 13.0 Å². The highest BCUT2D eigenvalue weighted by Gasteiger charge is 2.06. The summed E-state index contributed by atoms with van der Waals surface area (Å²) < 4.78 is 1.48. The average Bonchev–Trinajstić information content (AvgIpc) is 2.48. The molecule has 0 amide bonds. The predicted molar refractivity (Wildman–Crippen MR) is 41.8 cm³/mol. The third-order valence-electron chi connectivity index (χ3n) is 1.32. The Kier molecular flexibility index (Phi) is 2.57. The molecule has 0 saturated carbocycles. The van der Waals surface area contributed by atoms with Gasteiger partial charge in [0.25, 0.3) is 0 Å². The number of aromatic nitrogens is 3. The minimum absolute atomic E-state index is 0.0286. The third-order valence-corrected chi connectivity index (χ3v) is 1.32. The maximum Gasteiger partial charge on any atom is 0.358 e. The van der Waals surface area contributed by atoms with Gasteiger partial charge in [0.2, 0.25) is 0 Å². The molecule has 0 radical (unpaired) electrons. The van der Waals surface area contributed by atoms with E-state index in [0.29, 0.717) is 6.54 Å². The van der Waals surface area contributed by atoms with Gasteiger partial charge in [0.1, 0.15) is 0 Å². The fourth-order valence-electron chi connectivity index (χ4n) is 0.729. The number of carboxylic acids is 1. The molecule has 5 heteroatoms. The summed E-state index contributed by atoms with van der Waals surface area (Å²) in [6.07, 6.45) is 3.89. The van der Waals surface area contributed by atoms with Gasteiger partial charge in [-0.05, 0) is 6.42 Å². The molecule has 5 nitrogen and oxygen atoms in total. The molecular weight excluding hydrogens is 158 g/mol. The minimum atomic E-state index is -1.06. The molecule has 0 aliphatic carbocycles. The fraction of sp³-hybridized carbons (Fsp3) is 0.286. The zero-order valence-electron chi connectivity index (χ0n) is 6.47. The Hall–Kier alpha value is -1.65. The lowest BCUT2D eigenvalue weighted by Crippen LogP contribution is -1.97. The van der Waals surface area contributed by atoms with Gasteiger partial charge in [-0.2, -0.15) is 0 Å². The lowest BCUT2D eigenvalue weighted by atomic mass is 10.4. The van der Waals surface area contributed by atoms with Crippen LogP contribution < -0.4 is 0 Å². The summed E-state index contributed by atoms with van der Waals surface area (Å²) in [7, 11) is 0. The van der Waals surface area contributed by atoms with Crippen LogP contribution in [0.1, 0.15) is 16.9 Å². The zero-order chi connectivity index (χ0) is 8.97. The van der Waals surface area contributed by atoms with Gasteiger partial charge >= 0.3 is 5.97 Å². The van der Waals surface area contributed by atoms with Gasteiger partial charge in [-0.25, -0.2) is 4.79 Å². The van der Waals surface area contributed by atoms with E-state index in [1.165, 1.54) is 10.9 Å². The lowest BCUT2D eigenvalue weighted by Gasteiger charge is -1.92. The topological polar surface area (TPSA) is 68.0 Å². The minimum Gasteiger partial charge on any atom is -0.476 e. The molecule has 1 N–H and O–H groups in total. The Morgan fingerprint density at radius 1 is 1.83 bits per heavy atom. The SMILES string of the molecule is C=CCCn1cc(C(=O)O)nn1. The molecule has 0 aromatic carbocycles. The largest absolute Gasteiger partial charge is 0.476 e. The molecule has 0 bridgehead atoms. The van der Waals surface area contributed by atoms with Crippen LogP contribution in [0.3, 0.4) is 0 Å². The smallest absolute Gasteiger partial charge is 0.358 e. The number of rotatable bonds is 4. The van der Waals surface area contributed by atoms with Crippen molar-refractivity contribution in [2.24, 2.45) is 0 Å². The molecule has 0 saturated heterocycles. The number of carboxylic acid groups (broad SMARTS) is 1. The summed E-state index contributed by atoms with van der Waals surface area (Å²) in [5.41, 5.74) is -0.0286. The van der Waals surface area contributed by atoms with E-state index < -0.39 is 5.97 Å². The first-order chi connectivity index (χ1) is 5.74. The van der Waals surface area contributed by atoms with E-state index in [9.17, 15) is 4.79 Å². The van der Waals surface area contributed by atoms with E-state index in [1.807, 2.05) is 0 Å². The van der Waals surface area contributed by atoms with Crippen LogP contribution in [0, 0.1) is 0 Å².